The van der Waals surface area contributed by atoms with Crippen molar-refractivity contribution in [1.82, 2.24) is 14.8 Å². The predicted octanol–water partition coefficient (Wildman–Crippen LogP) is 3.47. The Kier molecular flexibility index (Phi) is 6.05. The molecular formula is C23H25N3O4S2. The van der Waals surface area contributed by atoms with Crippen molar-refractivity contribution >= 4 is 52.5 Å². The lowest BCUT2D eigenvalue weighted by atomic mass is 9.95. The number of aromatic nitrogens is 1. The molecule has 2 aliphatic rings. The van der Waals surface area contributed by atoms with Crippen LogP contribution in [0.4, 0.5) is 0 Å². The Hall–Kier alpha value is -2.78. The molecule has 0 radical (unpaired) electrons. The number of carbonyl (C=O) groups excluding carboxylic acids is 3. The number of likely N-dealkylation sites (N-methyl/N-ethyl adjacent to an activating group) is 1. The Morgan fingerprint density at radius 3 is 2.72 bits per heavy atom. The first-order valence-electron chi connectivity index (χ1n) is 10.6. The lowest BCUT2D eigenvalue weighted by Gasteiger charge is -2.25. The quantitative estimate of drug-likeness (QED) is 0.320. The number of nitrogens with one attached hydrogen (secondary N) is 1. The minimum atomic E-state index is -0.512. The Labute approximate surface area is 196 Å². The zero-order valence-electron chi connectivity index (χ0n) is 18.5. The average Bonchev–Trinajstić information content (AvgIpc) is 3.26. The Bertz CT molecular complexity index is 1190. The van der Waals surface area contributed by atoms with E-state index in [1.807, 2.05) is 31.4 Å². The molecule has 0 spiro atoms. The molecule has 4 rings (SSSR count). The van der Waals surface area contributed by atoms with Crippen LogP contribution in [-0.4, -0.2) is 46.0 Å². The molecule has 0 aromatic carbocycles. The summed E-state index contributed by atoms with van der Waals surface area (Å²) < 4.78 is 7.43. The van der Waals surface area contributed by atoms with E-state index in [1.165, 1.54) is 16.8 Å². The summed E-state index contributed by atoms with van der Waals surface area (Å²) in [6, 6.07) is 1.92. The molecule has 1 fully saturated rings. The van der Waals surface area contributed by atoms with Crippen LogP contribution in [0.2, 0.25) is 0 Å². The van der Waals surface area contributed by atoms with Crippen LogP contribution >= 0.6 is 23.6 Å². The van der Waals surface area contributed by atoms with Gasteiger partial charge in [0.25, 0.3) is 11.8 Å². The number of amides is 2. The maximum absolute atomic E-state index is 12.9. The van der Waals surface area contributed by atoms with Crippen LogP contribution in [0.1, 0.15) is 57.5 Å². The second kappa shape index (κ2) is 8.63. The van der Waals surface area contributed by atoms with Crippen LogP contribution in [0.15, 0.2) is 11.6 Å². The highest BCUT2D eigenvalue weighted by Gasteiger charge is 2.32. The molecule has 7 nitrogen and oxygen atoms in total. The minimum Gasteiger partial charge on any atom is -0.462 e. The summed E-state index contributed by atoms with van der Waals surface area (Å²) in [5.41, 5.74) is 4.26. The average molecular weight is 472 g/mol. The molecule has 0 saturated carbocycles. The number of rotatable bonds is 4. The van der Waals surface area contributed by atoms with Gasteiger partial charge in [0.1, 0.15) is 10.6 Å². The van der Waals surface area contributed by atoms with Crippen molar-refractivity contribution < 1.29 is 19.1 Å². The number of aryl methyl sites for hydroxylation is 2. The van der Waals surface area contributed by atoms with Crippen molar-refractivity contribution in [2.75, 3.05) is 13.7 Å². The summed E-state index contributed by atoms with van der Waals surface area (Å²) in [6.45, 7) is 6.00. The molecule has 168 valence electrons. The van der Waals surface area contributed by atoms with Gasteiger partial charge in [-0.05, 0) is 81.9 Å². The summed E-state index contributed by atoms with van der Waals surface area (Å²) in [5.74, 6) is -1.25. The summed E-state index contributed by atoms with van der Waals surface area (Å²) in [7, 11) is 1.53. The van der Waals surface area contributed by atoms with E-state index in [0.717, 1.165) is 53.2 Å². The third-order valence-electron chi connectivity index (χ3n) is 5.91. The largest absolute Gasteiger partial charge is 0.462 e. The molecule has 1 aliphatic heterocycles. The number of hydrogen-bond donors (Lipinski definition) is 1. The van der Waals surface area contributed by atoms with Gasteiger partial charge in [-0.3, -0.25) is 19.8 Å². The normalized spacial score (nSPS) is 17.6. The van der Waals surface area contributed by atoms with E-state index in [9.17, 15) is 14.4 Å². The summed E-state index contributed by atoms with van der Waals surface area (Å²) in [5, 5.41) is 3.47. The molecule has 32 heavy (non-hydrogen) atoms. The summed E-state index contributed by atoms with van der Waals surface area (Å²) in [6.07, 6.45) is 5.60. The van der Waals surface area contributed by atoms with Gasteiger partial charge in [-0.15, -0.1) is 11.3 Å². The lowest BCUT2D eigenvalue weighted by Crippen LogP contribution is -2.52. The molecule has 1 aliphatic carbocycles. The fourth-order valence-electron chi connectivity index (χ4n) is 4.27. The number of esters is 1. The first-order chi connectivity index (χ1) is 15.2. The van der Waals surface area contributed by atoms with Crippen molar-refractivity contribution in [2.24, 2.45) is 0 Å². The highest BCUT2D eigenvalue weighted by molar-refractivity contribution is 7.80. The molecular weight excluding hydrogens is 446 g/mol. The maximum Gasteiger partial charge on any atom is 0.341 e. The maximum atomic E-state index is 12.9. The van der Waals surface area contributed by atoms with Gasteiger partial charge in [0.15, 0.2) is 5.11 Å². The van der Waals surface area contributed by atoms with Gasteiger partial charge in [0.05, 0.1) is 12.2 Å². The van der Waals surface area contributed by atoms with Crippen molar-refractivity contribution in [3.63, 3.8) is 0 Å². The zero-order valence-corrected chi connectivity index (χ0v) is 20.2. The van der Waals surface area contributed by atoms with Gasteiger partial charge in [-0.1, -0.05) is 0 Å². The number of hydrogen-bond acceptors (Lipinski definition) is 6. The van der Waals surface area contributed by atoms with Crippen LogP contribution in [0.5, 0.6) is 0 Å². The molecule has 2 amide bonds. The molecule has 3 heterocycles. The predicted molar refractivity (Wildman–Crippen MR) is 127 cm³/mol. The van der Waals surface area contributed by atoms with E-state index in [-0.39, 0.29) is 16.7 Å². The van der Waals surface area contributed by atoms with Crippen LogP contribution in [0, 0.1) is 13.8 Å². The standard InChI is InChI=1S/C23H25N3O4S2/c1-5-30-22(29)18-15-8-6-7-9-17(15)32-21(18)26-12(2)10-14(13(26)3)11-16-19(27)24-23(31)25(4)20(16)28/h10-11H,5-9H2,1-4H3,(H,24,27,31)/b16-11+. The SMILES string of the molecule is CCOC(=O)c1c(-n2c(C)cc(/C=C3\C(=O)NC(=S)N(C)C3=O)c2C)sc2c1CCCC2. The minimum absolute atomic E-state index is 0.0254. The topological polar surface area (TPSA) is 80.6 Å². The van der Waals surface area contributed by atoms with Gasteiger partial charge < -0.3 is 9.30 Å². The molecule has 2 aromatic rings. The fraction of sp³-hybridized carbons (Fsp3) is 0.391. The number of thiocarbonyl (C=S) groups is 1. The first-order valence-corrected chi connectivity index (χ1v) is 11.8. The van der Waals surface area contributed by atoms with Crippen molar-refractivity contribution in [3.8, 4) is 5.00 Å². The molecule has 0 bridgehead atoms. The summed E-state index contributed by atoms with van der Waals surface area (Å²) in [4.78, 5) is 40.4. The molecule has 0 unspecified atom stereocenters. The summed E-state index contributed by atoms with van der Waals surface area (Å²) >= 11 is 6.65. The Morgan fingerprint density at radius 2 is 2.00 bits per heavy atom. The number of carbonyl (C=O) groups is 3. The lowest BCUT2D eigenvalue weighted by molar-refractivity contribution is -0.128. The monoisotopic (exact) mass is 471 g/mol. The van der Waals surface area contributed by atoms with Crippen LogP contribution in [0.25, 0.3) is 11.1 Å². The second-order valence-electron chi connectivity index (χ2n) is 7.95. The van der Waals surface area contributed by atoms with Gasteiger partial charge in [-0.25, -0.2) is 4.79 Å². The van der Waals surface area contributed by atoms with E-state index < -0.39 is 11.8 Å². The van der Waals surface area contributed by atoms with Gasteiger partial charge >= 0.3 is 5.97 Å². The van der Waals surface area contributed by atoms with E-state index in [1.54, 1.807) is 17.4 Å². The molecule has 2 aromatic heterocycles. The molecule has 1 saturated heterocycles. The third kappa shape index (κ3) is 3.69. The van der Waals surface area contributed by atoms with Crippen LogP contribution < -0.4 is 5.32 Å². The number of ether oxygens (including phenoxy) is 1. The van der Waals surface area contributed by atoms with Gasteiger partial charge in [0, 0.05) is 23.3 Å². The van der Waals surface area contributed by atoms with Crippen molar-refractivity contribution in [1.29, 1.82) is 0 Å². The van der Waals surface area contributed by atoms with Crippen LogP contribution in [-0.2, 0) is 27.2 Å². The van der Waals surface area contributed by atoms with E-state index >= 15 is 0 Å². The van der Waals surface area contributed by atoms with Gasteiger partial charge in [-0.2, -0.15) is 0 Å². The van der Waals surface area contributed by atoms with Crippen molar-refractivity contribution in [3.05, 3.63) is 44.6 Å². The molecule has 9 heteroatoms. The number of nitrogens with zero attached hydrogens (tertiary/aromatic N) is 2. The Morgan fingerprint density at radius 1 is 1.28 bits per heavy atom. The molecule has 1 N–H and O–H groups in total. The van der Waals surface area contributed by atoms with Crippen molar-refractivity contribution in [2.45, 2.75) is 46.5 Å². The zero-order chi connectivity index (χ0) is 23.2. The Balaban J connectivity index is 1.84. The highest BCUT2D eigenvalue weighted by Crippen LogP contribution is 2.39. The van der Waals surface area contributed by atoms with E-state index in [2.05, 4.69) is 5.32 Å². The second-order valence-corrected chi connectivity index (χ2v) is 9.43. The smallest absolute Gasteiger partial charge is 0.341 e. The van der Waals surface area contributed by atoms with E-state index in [4.69, 9.17) is 17.0 Å². The number of fused-ring (bicyclic) bond motifs is 1. The van der Waals surface area contributed by atoms with E-state index in [0.29, 0.717) is 12.2 Å². The fourth-order valence-corrected chi connectivity index (χ4v) is 5.93. The third-order valence-corrected chi connectivity index (χ3v) is 7.56. The van der Waals surface area contributed by atoms with Crippen LogP contribution in [0.3, 0.4) is 0 Å². The number of thiophene rings is 1. The molecule has 0 atom stereocenters. The first kappa shape index (κ1) is 22.4. The highest BCUT2D eigenvalue weighted by atomic mass is 32.1. The van der Waals surface area contributed by atoms with Gasteiger partial charge in [0.2, 0.25) is 0 Å².